The fraction of sp³-hybridized carbons (Fsp3) is 0.600. The van der Waals surface area contributed by atoms with Gasteiger partial charge in [0.15, 0.2) is 0 Å². The highest BCUT2D eigenvalue weighted by Gasteiger charge is 2.29. The van der Waals surface area contributed by atoms with Gasteiger partial charge in [0.05, 0.1) is 0 Å². The molecule has 1 saturated heterocycles. The van der Waals surface area contributed by atoms with E-state index in [-0.39, 0.29) is 0 Å². The Morgan fingerprint density at radius 1 is 1.35 bits per heavy atom. The average molecular weight is 232 g/mol. The minimum absolute atomic E-state index is 0.668. The van der Waals surface area contributed by atoms with Crippen molar-refractivity contribution in [3.8, 4) is 0 Å². The van der Waals surface area contributed by atoms with Crippen molar-refractivity contribution in [1.29, 1.82) is 0 Å². The molecule has 1 aromatic rings. The van der Waals surface area contributed by atoms with Gasteiger partial charge in [-0.15, -0.1) is 0 Å². The lowest BCUT2D eigenvalue weighted by molar-refractivity contribution is 0.181. The van der Waals surface area contributed by atoms with Gasteiger partial charge in [0.1, 0.15) is 0 Å². The van der Waals surface area contributed by atoms with Gasteiger partial charge < -0.3 is 5.73 Å². The van der Waals surface area contributed by atoms with E-state index in [1.165, 1.54) is 31.4 Å². The van der Waals surface area contributed by atoms with Gasteiger partial charge in [-0.25, -0.2) is 0 Å². The number of benzene rings is 1. The van der Waals surface area contributed by atoms with Crippen LogP contribution in [0.5, 0.6) is 0 Å². The number of hydrogen-bond donors (Lipinski definition) is 1. The molecule has 2 unspecified atom stereocenters. The molecule has 2 rings (SSSR count). The maximum Gasteiger partial charge on any atom is 0.0236 e. The Balaban J connectivity index is 2.00. The summed E-state index contributed by atoms with van der Waals surface area (Å²) in [5.41, 5.74) is 7.31. The molecule has 0 saturated carbocycles. The third-order valence-electron chi connectivity index (χ3n) is 4.01. The molecule has 0 aliphatic carbocycles. The summed E-state index contributed by atoms with van der Waals surface area (Å²) in [7, 11) is 0. The first-order chi connectivity index (χ1) is 8.35. The third kappa shape index (κ3) is 3.08. The SMILES string of the molecule is CCC(CN)C1CCCN1Cc1ccccc1. The molecule has 1 aromatic carbocycles. The molecule has 0 radical (unpaired) electrons. The second kappa shape index (κ2) is 6.18. The summed E-state index contributed by atoms with van der Waals surface area (Å²) in [6.07, 6.45) is 3.85. The number of nitrogens with zero attached hydrogens (tertiary/aromatic N) is 1. The van der Waals surface area contributed by atoms with Crippen LogP contribution in [-0.4, -0.2) is 24.0 Å². The summed E-state index contributed by atoms with van der Waals surface area (Å²) in [6, 6.07) is 11.5. The lowest BCUT2D eigenvalue weighted by Crippen LogP contribution is -2.38. The molecule has 1 aliphatic rings. The Bertz CT molecular complexity index is 319. The van der Waals surface area contributed by atoms with Crippen molar-refractivity contribution in [1.82, 2.24) is 4.90 Å². The van der Waals surface area contributed by atoms with Crippen LogP contribution in [0.25, 0.3) is 0 Å². The number of rotatable bonds is 5. The van der Waals surface area contributed by atoms with E-state index < -0.39 is 0 Å². The topological polar surface area (TPSA) is 29.3 Å². The highest BCUT2D eigenvalue weighted by atomic mass is 15.2. The normalized spacial score (nSPS) is 22.8. The van der Waals surface area contributed by atoms with Crippen LogP contribution in [0.4, 0.5) is 0 Å². The molecular weight excluding hydrogens is 208 g/mol. The summed E-state index contributed by atoms with van der Waals surface area (Å²) in [5.74, 6) is 0.668. The van der Waals surface area contributed by atoms with Gasteiger partial charge in [-0.1, -0.05) is 43.7 Å². The Morgan fingerprint density at radius 3 is 2.76 bits per heavy atom. The average Bonchev–Trinajstić information content (AvgIpc) is 2.81. The third-order valence-corrected chi connectivity index (χ3v) is 4.01. The molecule has 2 nitrogen and oxygen atoms in total. The van der Waals surface area contributed by atoms with Crippen molar-refractivity contribution >= 4 is 0 Å². The molecule has 2 atom stereocenters. The van der Waals surface area contributed by atoms with E-state index in [0.717, 1.165) is 13.1 Å². The van der Waals surface area contributed by atoms with Crippen LogP contribution in [0.1, 0.15) is 31.7 Å². The summed E-state index contributed by atoms with van der Waals surface area (Å²) in [5, 5.41) is 0. The van der Waals surface area contributed by atoms with Crippen molar-refractivity contribution in [2.24, 2.45) is 11.7 Å². The number of hydrogen-bond acceptors (Lipinski definition) is 2. The molecular formula is C15H24N2. The van der Waals surface area contributed by atoms with E-state index in [1.807, 2.05) is 0 Å². The van der Waals surface area contributed by atoms with Gasteiger partial charge >= 0.3 is 0 Å². The largest absolute Gasteiger partial charge is 0.330 e. The molecule has 0 bridgehead atoms. The lowest BCUT2D eigenvalue weighted by Gasteiger charge is -2.30. The van der Waals surface area contributed by atoms with Crippen LogP contribution in [0.15, 0.2) is 30.3 Å². The van der Waals surface area contributed by atoms with Gasteiger partial charge in [0.25, 0.3) is 0 Å². The predicted molar refractivity (Wildman–Crippen MR) is 72.7 cm³/mol. The van der Waals surface area contributed by atoms with Crippen LogP contribution in [0.2, 0.25) is 0 Å². The second-order valence-corrected chi connectivity index (χ2v) is 5.07. The molecule has 17 heavy (non-hydrogen) atoms. The molecule has 2 heteroatoms. The second-order valence-electron chi connectivity index (χ2n) is 5.07. The predicted octanol–water partition coefficient (Wildman–Crippen LogP) is 2.64. The fourth-order valence-electron chi connectivity index (χ4n) is 3.00. The van der Waals surface area contributed by atoms with Crippen molar-refractivity contribution in [3.63, 3.8) is 0 Å². The molecule has 2 N–H and O–H groups in total. The van der Waals surface area contributed by atoms with Crippen LogP contribution in [-0.2, 0) is 6.54 Å². The lowest BCUT2D eigenvalue weighted by atomic mass is 9.95. The fourth-order valence-corrected chi connectivity index (χ4v) is 3.00. The molecule has 1 heterocycles. The van der Waals surface area contributed by atoms with E-state index in [1.54, 1.807) is 0 Å². The van der Waals surface area contributed by atoms with E-state index in [4.69, 9.17) is 5.73 Å². The Kier molecular flexibility index (Phi) is 4.57. The first-order valence-electron chi connectivity index (χ1n) is 6.83. The van der Waals surface area contributed by atoms with Gasteiger partial charge in [0, 0.05) is 12.6 Å². The van der Waals surface area contributed by atoms with E-state index in [9.17, 15) is 0 Å². The van der Waals surface area contributed by atoms with Gasteiger partial charge in [0.2, 0.25) is 0 Å². The number of likely N-dealkylation sites (tertiary alicyclic amines) is 1. The Morgan fingerprint density at radius 2 is 2.12 bits per heavy atom. The molecule has 1 fully saturated rings. The van der Waals surface area contributed by atoms with Crippen molar-refractivity contribution in [3.05, 3.63) is 35.9 Å². The zero-order valence-electron chi connectivity index (χ0n) is 10.8. The maximum absolute atomic E-state index is 5.89. The minimum atomic E-state index is 0.668. The van der Waals surface area contributed by atoms with Crippen LogP contribution in [0, 0.1) is 5.92 Å². The standard InChI is InChI=1S/C15H24N2/c1-2-14(11-16)15-9-6-10-17(15)12-13-7-4-3-5-8-13/h3-5,7-8,14-15H,2,6,9-12,16H2,1H3. The molecule has 0 aromatic heterocycles. The molecule has 0 spiro atoms. The van der Waals surface area contributed by atoms with E-state index >= 15 is 0 Å². The Labute approximate surface area is 105 Å². The van der Waals surface area contributed by atoms with Gasteiger partial charge in [-0.2, -0.15) is 0 Å². The quantitative estimate of drug-likeness (QED) is 0.845. The van der Waals surface area contributed by atoms with Crippen molar-refractivity contribution in [2.45, 2.75) is 38.8 Å². The minimum Gasteiger partial charge on any atom is -0.330 e. The van der Waals surface area contributed by atoms with Gasteiger partial charge in [-0.3, -0.25) is 4.90 Å². The van der Waals surface area contributed by atoms with E-state index in [2.05, 4.69) is 42.2 Å². The van der Waals surface area contributed by atoms with Gasteiger partial charge in [-0.05, 0) is 37.4 Å². The zero-order valence-corrected chi connectivity index (χ0v) is 10.8. The van der Waals surface area contributed by atoms with Crippen LogP contribution >= 0.6 is 0 Å². The first kappa shape index (κ1) is 12.6. The highest BCUT2D eigenvalue weighted by molar-refractivity contribution is 5.14. The summed E-state index contributed by atoms with van der Waals surface area (Å²) in [4.78, 5) is 2.62. The highest BCUT2D eigenvalue weighted by Crippen LogP contribution is 2.27. The molecule has 1 aliphatic heterocycles. The maximum atomic E-state index is 5.89. The molecule has 0 amide bonds. The van der Waals surface area contributed by atoms with E-state index in [0.29, 0.717) is 12.0 Å². The monoisotopic (exact) mass is 232 g/mol. The smallest absolute Gasteiger partial charge is 0.0236 e. The van der Waals surface area contributed by atoms with Crippen LogP contribution < -0.4 is 5.73 Å². The zero-order chi connectivity index (χ0) is 12.1. The number of nitrogens with two attached hydrogens (primary N) is 1. The van der Waals surface area contributed by atoms with Crippen LogP contribution in [0.3, 0.4) is 0 Å². The van der Waals surface area contributed by atoms with Crippen molar-refractivity contribution in [2.75, 3.05) is 13.1 Å². The van der Waals surface area contributed by atoms with Crippen molar-refractivity contribution < 1.29 is 0 Å². The summed E-state index contributed by atoms with van der Waals surface area (Å²) in [6.45, 7) is 5.40. The Hall–Kier alpha value is -0.860. The summed E-state index contributed by atoms with van der Waals surface area (Å²) < 4.78 is 0. The molecule has 94 valence electrons. The summed E-state index contributed by atoms with van der Waals surface area (Å²) >= 11 is 0. The first-order valence-corrected chi connectivity index (χ1v) is 6.83.